The molecule has 1 rings (SSSR count). The first kappa shape index (κ1) is 23.1. The van der Waals surface area contributed by atoms with Crippen molar-refractivity contribution in [3.8, 4) is 5.75 Å². The zero-order chi connectivity index (χ0) is 21.7. The molecule has 0 fully saturated rings. The van der Waals surface area contributed by atoms with Crippen LogP contribution in [-0.4, -0.2) is 37.0 Å². The predicted octanol–water partition coefficient (Wildman–Crippen LogP) is 5.89. The minimum absolute atomic E-state index is 0.0167. The second kappa shape index (κ2) is 6.33. The zero-order valence-corrected chi connectivity index (χ0v) is 12.6. The molecule has 0 saturated carbocycles. The largest absolute Gasteiger partial charge is 0.497 e. The summed E-state index contributed by atoms with van der Waals surface area (Å²) in [5, 5.41) is 0. The lowest BCUT2D eigenvalue weighted by molar-refractivity contribution is -0.441. The van der Waals surface area contributed by atoms with E-state index in [1.165, 1.54) is 0 Å². The fourth-order valence-electron chi connectivity index (χ4n) is 1.75. The molecule has 0 bridgehead atoms. The second-order valence-corrected chi connectivity index (χ2v) is 5.10. The standard InChI is InChI=1S/C13H7F13O/c1-27-7-4-2-6(3-5-7)8(14,15)9(16,17)10(18,19)11(20,21)12(22,23)13(24,25)26/h2-5H,1H3. The lowest BCUT2D eigenvalue weighted by atomic mass is 9.90. The summed E-state index contributed by atoms with van der Waals surface area (Å²) in [4.78, 5) is 0. The molecule has 0 N–H and O–H groups in total. The summed E-state index contributed by atoms with van der Waals surface area (Å²) in [6.07, 6.45) is -7.43. The molecule has 1 aromatic rings. The summed E-state index contributed by atoms with van der Waals surface area (Å²) in [7, 11) is 0.982. The van der Waals surface area contributed by atoms with Gasteiger partial charge in [-0.15, -0.1) is 0 Å². The monoisotopic (exact) mass is 426 g/mol. The van der Waals surface area contributed by atoms with Gasteiger partial charge in [0.2, 0.25) is 0 Å². The van der Waals surface area contributed by atoms with Crippen LogP contribution in [0.3, 0.4) is 0 Å². The van der Waals surface area contributed by atoms with Crippen LogP contribution in [0.4, 0.5) is 57.1 Å². The van der Waals surface area contributed by atoms with E-state index in [2.05, 4.69) is 4.74 Å². The van der Waals surface area contributed by atoms with Gasteiger partial charge in [0.05, 0.1) is 7.11 Å². The maximum atomic E-state index is 13.7. The Morgan fingerprint density at radius 2 is 0.926 bits per heavy atom. The summed E-state index contributed by atoms with van der Waals surface area (Å²) < 4.78 is 173. The predicted molar refractivity (Wildman–Crippen MR) is 62.7 cm³/mol. The molecular weight excluding hydrogens is 419 g/mol. The highest BCUT2D eigenvalue weighted by molar-refractivity contribution is 5.32. The van der Waals surface area contributed by atoms with Crippen molar-refractivity contribution in [2.45, 2.75) is 35.8 Å². The molecule has 0 aromatic heterocycles. The Labute approximate surface area is 141 Å². The van der Waals surface area contributed by atoms with Crippen molar-refractivity contribution in [2.75, 3.05) is 7.11 Å². The van der Waals surface area contributed by atoms with Crippen LogP contribution in [-0.2, 0) is 5.92 Å². The van der Waals surface area contributed by atoms with Gasteiger partial charge in [-0.2, -0.15) is 57.1 Å². The summed E-state index contributed by atoms with van der Waals surface area (Å²) in [6, 6.07) is 1.06. The SMILES string of the molecule is COc1ccc(C(F)(F)C(F)(F)C(F)(F)C(F)(F)C(F)(F)C(F)(F)F)cc1. The van der Waals surface area contributed by atoms with Crippen molar-refractivity contribution in [3.63, 3.8) is 0 Å². The third kappa shape index (κ3) is 3.16. The van der Waals surface area contributed by atoms with E-state index in [1.54, 1.807) is 0 Å². The van der Waals surface area contributed by atoms with Gasteiger partial charge >= 0.3 is 35.8 Å². The number of alkyl halides is 13. The molecule has 0 saturated heterocycles. The first-order chi connectivity index (χ1) is 11.8. The number of benzene rings is 1. The van der Waals surface area contributed by atoms with Crippen molar-refractivity contribution in [3.05, 3.63) is 29.8 Å². The molecule has 0 radical (unpaired) electrons. The smallest absolute Gasteiger partial charge is 0.460 e. The summed E-state index contributed by atoms with van der Waals surface area (Å²) in [6.45, 7) is 0. The number of hydrogen-bond acceptors (Lipinski definition) is 1. The van der Waals surface area contributed by atoms with Gasteiger partial charge in [0.25, 0.3) is 0 Å². The summed E-state index contributed by atoms with van der Waals surface area (Å²) in [5.74, 6) is -37.3. The molecule has 0 atom stereocenters. The van der Waals surface area contributed by atoms with Gasteiger partial charge in [0, 0.05) is 5.56 Å². The fraction of sp³-hybridized carbons (Fsp3) is 0.538. The quantitative estimate of drug-likeness (QED) is 0.516. The van der Waals surface area contributed by atoms with E-state index in [0.29, 0.717) is 12.1 Å². The Hall–Kier alpha value is -1.89. The van der Waals surface area contributed by atoms with Crippen LogP contribution >= 0.6 is 0 Å². The number of rotatable bonds is 6. The highest BCUT2D eigenvalue weighted by Crippen LogP contribution is 2.62. The average molecular weight is 426 g/mol. The first-order valence-corrected chi connectivity index (χ1v) is 6.39. The Morgan fingerprint density at radius 3 is 1.26 bits per heavy atom. The molecule has 156 valence electrons. The maximum absolute atomic E-state index is 13.7. The molecule has 0 unspecified atom stereocenters. The highest BCUT2D eigenvalue weighted by Gasteiger charge is 2.90. The third-order valence-electron chi connectivity index (χ3n) is 3.39. The van der Waals surface area contributed by atoms with Crippen LogP contribution in [0.1, 0.15) is 5.56 Å². The molecule has 0 aliphatic carbocycles. The van der Waals surface area contributed by atoms with Crippen LogP contribution in [0, 0.1) is 0 Å². The normalized spacial score (nSPS) is 15.0. The minimum Gasteiger partial charge on any atom is -0.497 e. The van der Waals surface area contributed by atoms with Crippen LogP contribution in [0.15, 0.2) is 24.3 Å². The van der Waals surface area contributed by atoms with Crippen molar-refractivity contribution < 1.29 is 61.8 Å². The van der Waals surface area contributed by atoms with Gasteiger partial charge in [0.1, 0.15) is 5.75 Å². The van der Waals surface area contributed by atoms with E-state index in [9.17, 15) is 57.1 Å². The molecule has 1 aromatic carbocycles. The van der Waals surface area contributed by atoms with E-state index < -0.39 is 41.4 Å². The van der Waals surface area contributed by atoms with Gasteiger partial charge in [-0.3, -0.25) is 0 Å². The molecule has 0 aliphatic heterocycles. The van der Waals surface area contributed by atoms with E-state index in [-0.39, 0.29) is 17.9 Å². The first-order valence-electron chi connectivity index (χ1n) is 6.39. The second-order valence-electron chi connectivity index (χ2n) is 5.10. The van der Waals surface area contributed by atoms with Crippen molar-refractivity contribution in [1.82, 2.24) is 0 Å². The molecule has 0 heterocycles. The van der Waals surface area contributed by atoms with Crippen molar-refractivity contribution in [2.24, 2.45) is 0 Å². The highest BCUT2D eigenvalue weighted by atomic mass is 19.4. The summed E-state index contributed by atoms with van der Waals surface area (Å²) >= 11 is 0. The molecule has 0 amide bonds. The van der Waals surface area contributed by atoms with Crippen molar-refractivity contribution in [1.29, 1.82) is 0 Å². The topological polar surface area (TPSA) is 9.23 Å². The van der Waals surface area contributed by atoms with Gasteiger partial charge in [-0.25, -0.2) is 0 Å². The van der Waals surface area contributed by atoms with Gasteiger partial charge < -0.3 is 4.74 Å². The Bertz CT molecular complexity index is 660. The van der Waals surface area contributed by atoms with Crippen LogP contribution in [0.25, 0.3) is 0 Å². The van der Waals surface area contributed by atoms with Gasteiger partial charge in [-0.1, -0.05) is 0 Å². The van der Waals surface area contributed by atoms with Gasteiger partial charge in [0.15, 0.2) is 0 Å². The number of methoxy groups -OCH3 is 1. The Kier molecular flexibility index (Phi) is 5.43. The number of ether oxygens (including phenoxy) is 1. The third-order valence-corrected chi connectivity index (χ3v) is 3.39. The molecule has 27 heavy (non-hydrogen) atoms. The fourth-order valence-corrected chi connectivity index (χ4v) is 1.75. The Morgan fingerprint density at radius 1 is 0.556 bits per heavy atom. The van der Waals surface area contributed by atoms with Crippen LogP contribution in [0.2, 0.25) is 0 Å². The zero-order valence-electron chi connectivity index (χ0n) is 12.6. The Balaban J connectivity index is 3.52. The van der Waals surface area contributed by atoms with Crippen molar-refractivity contribution >= 4 is 0 Å². The number of hydrogen-bond donors (Lipinski definition) is 0. The average Bonchev–Trinajstić information content (AvgIpc) is 2.53. The van der Waals surface area contributed by atoms with Crippen LogP contribution < -0.4 is 4.74 Å². The minimum atomic E-state index is -7.91. The van der Waals surface area contributed by atoms with Gasteiger partial charge in [-0.05, 0) is 24.3 Å². The summed E-state index contributed by atoms with van der Waals surface area (Å²) in [5.41, 5.74) is -2.06. The number of halogens is 13. The lowest BCUT2D eigenvalue weighted by Gasteiger charge is -2.39. The van der Waals surface area contributed by atoms with E-state index in [4.69, 9.17) is 0 Å². The molecule has 0 spiro atoms. The van der Waals surface area contributed by atoms with E-state index in [1.807, 2.05) is 0 Å². The maximum Gasteiger partial charge on any atom is 0.460 e. The molecular formula is C13H7F13O. The van der Waals surface area contributed by atoms with Crippen LogP contribution in [0.5, 0.6) is 5.75 Å². The molecule has 0 aliphatic rings. The van der Waals surface area contributed by atoms with E-state index in [0.717, 1.165) is 7.11 Å². The lowest BCUT2D eigenvalue weighted by Crippen LogP contribution is -2.69. The molecule has 14 heteroatoms. The molecule has 1 nitrogen and oxygen atoms in total. The van der Waals surface area contributed by atoms with E-state index >= 15 is 0 Å².